The third kappa shape index (κ3) is 4.48. The van der Waals surface area contributed by atoms with E-state index >= 15 is 0 Å². The van der Waals surface area contributed by atoms with Gasteiger partial charge in [-0.05, 0) is 41.8 Å². The van der Waals surface area contributed by atoms with Crippen molar-refractivity contribution in [2.24, 2.45) is 11.8 Å². The lowest BCUT2D eigenvalue weighted by molar-refractivity contribution is -0.172. The Balaban J connectivity index is 1.54. The van der Waals surface area contributed by atoms with E-state index in [1.165, 1.54) is 12.1 Å². The standard InChI is InChI=1S/C28H27F2NO3/c29-21-13-18(14-22(30)15-21)17-34-27-23-11-12-31(16-24(23)28(32)33)26(27)25(19-7-3-1-4-8-19)20-9-5-2-6-10-20/h1-10,13-15,23-27H,11-12,16-17H2,(H,32,33)/t23-,24-,26-,27+/m1/s1. The molecule has 0 radical (unpaired) electrons. The highest BCUT2D eigenvalue weighted by Gasteiger charge is 2.53. The molecule has 3 saturated heterocycles. The Morgan fingerprint density at radius 3 is 2.12 bits per heavy atom. The first-order chi connectivity index (χ1) is 16.5. The number of benzene rings is 3. The molecule has 3 aliphatic rings. The van der Waals surface area contributed by atoms with Gasteiger partial charge in [-0.2, -0.15) is 0 Å². The molecule has 176 valence electrons. The van der Waals surface area contributed by atoms with Gasteiger partial charge in [0.2, 0.25) is 0 Å². The van der Waals surface area contributed by atoms with Gasteiger partial charge >= 0.3 is 5.97 Å². The molecule has 2 bridgehead atoms. The minimum absolute atomic E-state index is 0.0167. The molecular formula is C28H27F2NO3. The fraction of sp³-hybridized carbons (Fsp3) is 0.321. The Labute approximate surface area is 197 Å². The van der Waals surface area contributed by atoms with Crippen molar-refractivity contribution in [2.75, 3.05) is 13.1 Å². The lowest BCUT2D eigenvalue weighted by Gasteiger charge is -2.55. The number of hydrogen-bond acceptors (Lipinski definition) is 3. The Bertz CT molecular complexity index is 1080. The first kappa shape index (κ1) is 22.7. The van der Waals surface area contributed by atoms with Crippen molar-refractivity contribution in [3.63, 3.8) is 0 Å². The van der Waals surface area contributed by atoms with Gasteiger partial charge in [0.1, 0.15) is 11.6 Å². The second-order valence-electron chi connectivity index (χ2n) is 9.24. The summed E-state index contributed by atoms with van der Waals surface area (Å²) >= 11 is 0. The van der Waals surface area contributed by atoms with Crippen molar-refractivity contribution in [2.45, 2.75) is 31.1 Å². The molecule has 0 aromatic heterocycles. The quantitative estimate of drug-likeness (QED) is 0.531. The molecule has 4 nitrogen and oxygen atoms in total. The third-order valence-electron chi connectivity index (χ3n) is 7.22. The lowest BCUT2D eigenvalue weighted by Crippen LogP contribution is -2.65. The van der Waals surface area contributed by atoms with Crippen LogP contribution in [-0.4, -0.2) is 41.2 Å². The molecule has 3 heterocycles. The number of carboxylic acids is 1. The molecular weight excluding hydrogens is 436 g/mol. The summed E-state index contributed by atoms with van der Waals surface area (Å²) in [6.07, 6.45) is 0.312. The fourth-order valence-corrected chi connectivity index (χ4v) is 5.80. The molecule has 0 aliphatic carbocycles. The maximum absolute atomic E-state index is 13.8. The number of carboxylic acid groups (broad SMARTS) is 1. The molecule has 1 N–H and O–H groups in total. The average Bonchev–Trinajstić information content (AvgIpc) is 2.84. The molecule has 6 rings (SSSR count). The van der Waals surface area contributed by atoms with E-state index in [1.54, 1.807) is 0 Å². The van der Waals surface area contributed by atoms with E-state index in [0.717, 1.165) is 23.7 Å². The number of piperidine rings is 3. The molecule has 3 fully saturated rings. The first-order valence-corrected chi connectivity index (χ1v) is 11.6. The van der Waals surface area contributed by atoms with Crippen molar-refractivity contribution in [3.8, 4) is 0 Å². The molecule has 0 saturated carbocycles. The molecule has 1 unspecified atom stereocenters. The predicted octanol–water partition coefficient (Wildman–Crippen LogP) is 5.09. The fourth-order valence-electron chi connectivity index (χ4n) is 5.80. The number of nitrogens with zero attached hydrogens (tertiary/aromatic N) is 1. The predicted molar refractivity (Wildman–Crippen MR) is 124 cm³/mol. The molecule has 6 heteroatoms. The van der Waals surface area contributed by atoms with Gasteiger partial charge in [0.05, 0.1) is 18.6 Å². The topological polar surface area (TPSA) is 49.8 Å². The largest absolute Gasteiger partial charge is 0.481 e. The zero-order valence-electron chi connectivity index (χ0n) is 18.7. The number of aliphatic carboxylic acids is 1. The second kappa shape index (κ2) is 9.65. The monoisotopic (exact) mass is 463 g/mol. The summed E-state index contributed by atoms with van der Waals surface area (Å²) in [6.45, 7) is 1.28. The van der Waals surface area contributed by atoms with Crippen molar-refractivity contribution in [1.29, 1.82) is 0 Å². The highest BCUT2D eigenvalue weighted by molar-refractivity contribution is 5.71. The van der Waals surface area contributed by atoms with Gasteiger partial charge in [0.15, 0.2) is 0 Å². The van der Waals surface area contributed by atoms with Crippen LogP contribution in [0.2, 0.25) is 0 Å². The maximum atomic E-state index is 13.8. The van der Waals surface area contributed by atoms with Gasteiger partial charge in [-0.3, -0.25) is 9.69 Å². The van der Waals surface area contributed by atoms with Gasteiger partial charge in [0.25, 0.3) is 0 Å². The number of rotatable bonds is 7. The number of carbonyl (C=O) groups is 1. The Morgan fingerprint density at radius 1 is 0.971 bits per heavy atom. The van der Waals surface area contributed by atoms with Gasteiger partial charge in [-0.1, -0.05) is 60.7 Å². The van der Waals surface area contributed by atoms with Crippen LogP contribution in [0.25, 0.3) is 0 Å². The van der Waals surface area contributed by atoms with E-state index < -0.39 is 29.6 Å². The van der Waals surface area contributed by atoms with Gasteiger partial charge in [0, 0.05) is 30.5 Å². The molecule has 5 atom stereocenters. The summed E-state index contributed by atoms with van der Waals surface area (Å²) in [5.74, 6) is -2.88. The highest BCUT2D eigenvalue weighted by atomic mass is 19.1. The lowest BCUT2D eigenvalue weighted by atomic mass is 9.68. The van der Waals surface area contributed by atoms with Crippen molar-refractivity contribution < 1.29 is 23.4 Å². The normalized spacial score (nSPS) is 26.0. The maximum Gasteiger partial charge on any atom is 0.308 e. The average molecular weight is 464 g/mol. The van der Waals surface area contributed by atoms with E-state index in [-0.39, 0.29) is 24.5 Å². The summed E-state index contributed by atoms with van der Waals surface area (Å²) in [5.41, 5.74) is 2.66. The number of fused-ring (bicyclic) bond motifs is 3. The molecule has 0 spiro atoms. The molecule has 34 heavy (non-hydrogen) atoms. The van der Waals surface area contributed by atoms with E-state index in [0.29, 0.717) is 18.5 Å². The zero-order valence-corrected chi connectivity index (χ0v) is 18.7. The molecule has 0 amide bonds. The van der Waals surface area contributed by atoms with Crippen LogP contribution >= 0.6 is 0 Å². The van der Waals surface area contributed by atoms with Crippen LogP contribution < -0.4 is 0 Å². The van der Waals surface area contributed by atoms with Crippen LogP contribution in [0.1, 0.15) is 29.0 Å². The SMILES string of the molecule is O=C(O)[C@@H]1CN2CC[C@H]1[C@H](OCc1cc(F)cc(F)c1)[C@H]2C(c1ccccc1)c1ccccc1. The van der Waals surface area contributed by atoms with Crippen LogP contribution in [0, 0.1) is 23.5 Å². The van der Waals surface area contributed by atoms with E-state index in [1.807, 2.05) is 36.4 Å². The molecule has 3 aliphatic heterocycles. The van der Waals surface area contributed by atoms with Crippen LogP contribution in [0.5, 0.6) is 0 Å². The van der Waals surface area contributed by atoms with Crippen molar-refractivity contribution >= 4 is 5.97 Å². The summed E-state index contributed by atoms with van der Waals surface area (Å²) in [5, 5.41) is 9.91. The van der Waals surface area contributed by atoms with Gasteiger partial charge < -0.3 is 9.84 Å². The van der Waals surface area contributed by atoms with Crippen LogP contribution in [-0.2, 0) is 16.1 Å². The molecule has 3 aromatic rings. The van der Waals surface area contributed by atoms with Crippen molar-refractivity contribution in [3.05, 3.63) is 107 Å². The van der Waals surface area contributed by atoms with E-state index in [4.69, 9.17) is 4.74 Å². The van der Waals surface area contributed by atoms with Crippen LogP contribution in [0.3, 0.4) is 0 Å². The number of ether oxygens (including phenoxy) is 1. The second-order valence-corrected chi connectivity index (χ2v) is 9.24. The highest BCUT2D eigenvalue weighted by Crippen LogP contribution is 2.45. The van der Waals surface area contributed by atoms with Crippen LogP contribution in [0.4, 0.5) is 8.78 Å². The zero-order chi connectivity index (χ0) is 23.7. The first-order valence-electron chi connectivity index (χ1n) is 11.6. The Hall–Kier alpha value is -3.09. The summed E-state index contributed by atoms with van der Waals surface area (Å²) < 4.78 is 33.9. The van der Waals surface area contributed by atoms with E-state index in [9.17, 15) is 18.7 Å². The minimum atomic E-state index is -0.825. The Kier molecular flexibility index (Phi) is 6.44. The summed E-state index contributed by atoms with van der Waals surface area (Å²) in [6, 6.07) is 23.6. The molecule has 3 aromatic carbocycles. The summed E-state index contributed by atoms with van der Waals surface area (Å²) in [7, 11) is 0. The Morgan fingerprint density at radius 2 is 1.56 bits per heavy atom. The number of hydrogen-bond donors (Lipinski definition) is 1. The smallest absolute Gasteiger partial charge is 0.308 e. The van der Waals surface area contributed by atoms with Crippen molar-refractivity contribution in [1.82, 2.24) is 4.90 Å². The minimum Gasteiger partial charge on any atom is -0.481 e. The van der Waals surface area contributed by atoms with Gasteiger partial charge in [-0.25, -0.2) is 8.78 Å². The van der Waals surface area contributed by atoms with Crippen LogP contribution in [0.15, 0.2) is 78.9 Å². The third-order valence-corrected chi connectivity index (χ3v) is 7.22. The van der Waals surface area contributed by atoms with Gasteiger partial charge in [-0.15, -0.1) is 0 Å². The van der Waals surface area contributed by atoms with E-state index in [2.05, 4.69) is 29.2 Å². The number of halogens is 2. The summed E-state index contributed by atoms with van der Waals surface area (Å²) in [4.78, 5) is 14.3.